The standard InChI is InChI=1S/C22H18FN5O4/c1-32-16-9-7-15(8-10-16)24-21(30)14-6-11-19-26-28(22(31)27(19)12-14)13-20(29)25-18-5-3-2-4-17(18)23/h2-12H,13H2,1H3,(H,24,30)(H,25,29). The zero-order chi connectivity index (χ0) is 22.7. The van der Waals surface area contributed by atoms with Crippen LogP contribution in [0.3, 0.4) is 0 Å². The highest BCUT2D eigenvalue weighted by atomic mass is 19.1. The Kier molecular flexibility index (Phi) is 5.67. The lowest BCUT2D eigenvalue weighted by atomic mass is 10.2. The Bertz CT molecular complexity index is 1360. The van der Waals surface area contributed by atoms with Crippen LogP contribution >= 0.6 is 0 Å². The van der Waals surface area contributed by atoms with Gasteiger partial charge in [0.25, 0.3) is 5.91 Å². The molecule has 0 bridgehead atoms. The summed E-state index contributed by atoms with van der Waals surface area (Å²) >= 11 is 0. The molecule has 2 amide bonds. The van der Waals surface area contributed by atoms with E-state index in [0.717, 1.165) is 4.68 Å². The number of carbonyl (C=O) groups is 2. The minimum atomic E-state index is -0.613. The van der Waals surface area contributed by atoms with E-state index in [2.05, 4.69) is 15.7 Å². The molecule has 0 radical (unpaired) electrons. The third kappa shape index (κ3) is 4.33. The maximum atomic E-state index is 13.7. The maximum Gasteiger partial charge on any atom is 0.350 e. The van der Waals surface area contributed by atoms with Crippen LogP contribution in [0.15, 0.2) is 71.7 Å². The number of methoxy groups -OCH3 is 1. The topological polar surface area (TPSA) is 107 Å². The van der Waals surface area contributed by atoms with Crippen LogP contribution in [0.1, 0.15) is 10.4 Å². The van der Waals surface area contributed by atoms with Crippen molar-refractivity contribution in [3.63, 3.8) is 0 Å². The Labute approximate surface area is 181 Å². The highest BCUT2D eigenvalue weighted by Gasteiger charge is 2.14. The highest BCUT2D eigenvalue weighted by Crippen LogP contribution is 2.16. The molecule has 0 atom stereocenters. The summed E-state index contributed by atoms with van der Waals surface area (Å²) in [6.45, 7) is -0.414. The molecule has 2 N–H and O–H groups in total. The number of ether oxygens (including phenoxy) is 1. The second kappa shape index (κ2) is 8.72. The van der Waals surface area contributed by atoms with Crippen LogP contribution in [0.5, 0.6) is 5.75 Å². The van der Waals surface area contributed by atoms with Crippen molar-refractivity contribution < 1.29 is 18.7 Å². The summed E-state index contributed by atoms with van der Waals surface area (Å²) in [5, 5.41) is 9.21. The molecule has 4 aromatic rings. The lowest BCUT2D eigenvalue weighted by Gasteiger charge is -2.06. The van der Waals surface area contributed by atoms with Crippen molar-refractivity contribution in [1.82, 2.24) is 14.2 Å². The second-order valence-corrected chi connectivity index (χ2v) is 6.80. The van der Waals surface area contributed by atoms with E-state index in [-0.39, 0.29) is 16.9 Å². The van der Waals surface area contributed by atoms with Gasteiger partial charge in [-0.2, -0.15) is 0 Å². The number of hydrogen-bond donors (Lipinski definition) is 2. The van der Waals surface area contributed by atoms with E-state index in [0.29, 0.717) is 11.4 Å². The van der Waals surface area contributed by atoms with E-state index in [9.17, 15) is 18.8 Å². The molecule has 2 heterocycles. The number of anilines is 2. The molecular formula is C22H18FN5O4. The number of benzene rings is 2. The first-order valence-corrected chi connectivity index (χ1v) is 9.53. The fourth-order valence-corrected chi connectivity index (χ4v) is 3.02. The number of aromatic nitrogens is 3. The van der Waals surface area contributed by atoms with Crippen LogP contribution in [0.4, 0.5) is 15.8 Å². The fourth-order valence-electron chi connectivity index (χ4n) is 3.02. The molecule has 0 aliphatic rings. The molecule has 10 heteroatoms. The fraction of sp³-hybridized carbons (Fsp3) is 0.0909. The van der Waals surface area contributed by atoms with Gasteiger partial charge < -0.3 is 15.4 Å². The normalized spacial score (nSPS) is 10.7. The molecule has 4 rings (SSSR count). The van der Waals surface area contributed by atoms with Gasteiger partial charge in [0, 0.05) is 11.9 Å². The third-order valence-electron chi connectivity index (χ3n) is 4.63. The van der Waals surface area contributed by atoms with E-state index >= 15 is 0 Å². The van der Waals surface area contributed by atoms with Gasteiger partial charge in [0.15, 0.2) is 5.65 Å². The van der Waals surface area contributed by atoms with Crippen LogP contribution < -0.4 is 21.1 Å². The lowest BCUT2D eigenvalue weighted by Crippen LogP contribution is -2.28. The van der Waals surface area contributed by atoms with Gasteiger partial charge in [0.05, 0.1) is 18.4 Å². The highest BCUT2D eigenvalue weighted by molar-refractivity contribution is 6.04. The summed E-state index contributed by atoms with van der Waals surface area (Å²) in [6, 6.07) is 15.5. The van der Waals surface area contributed by atoms with Crippen molar-refractivity contribution in [3.8, 4) is 5.75 Å². The molecule has 0 saturated carbocycles. The molecule has 0 unspecified atom stereocenters. The van der Waals surface area contributed by atoms with Crippen LogP contribution in [-0.4, -0.2) is 33.1 Å². The number of fused-ring (bicyclic) bond motifs is 1. The summed E-state index contributed by atoms with van der Waals surface area (Å²) < 4.78 is 20.9. The minimum absolute atomic E-state index is 0.00630. The summed E-state index contributed by atoms with van der Waals surface area (Å²) in [6.07, 6.45) is 1.34. The predicted molar refractivity (Wildman–Crippen MR) is 115 cm³/mol. The Morgan fingerprint density at radius 3 is 2.50 bits per heavy atom. The Balaban J connectivity index is 1.51. The Hall–Kier alpha value is -4.47. The number of rotatable bonds is 6. The van der Waals surface area contributed by atoms with Crippen molar-refractivity contribution >= 4 is 28.8 Å². The molecular weight excluding hydrogens is 417 g/mol. The first kappa shape index (κ1) is 20.8. The maximum absolute atomic E-state index is 13.7. The van der Waals surface area contributed by atoms with Crippen molar-refractivity contribution in [2.24, 2.45) is 0 Å². The average molecular weight is 435 g/mol. The van der Waals surface area contributed by atoms with E-state index < -0.39 is 29.9 Å². The molecule has 0 aliphatic heterocycles. The number of carbonyl (C=O) groups excluding carboxylic acids is 2. The van der Waals surface area contributed by atoms with Crippen LogP contribution in [0, 0.1) is 5.82 Å². The van der Waals surface area contributed by atoms with Gasteiger partial charge in [0.1, 0.15) is 18.1 Å². The Morgan fingerprint density at radius 2 is 1.78 bits per heavy atom. The van der Waals surface area contributed by atoms with E-state index in [1.54, 1.807) is 37.4 Å². The number of amides is 2. The van der Waals surface area contributed by atoms with Crippen molar-refractivity contribution in [2.75, 3.05) is 17.7 Å². The molecule has 9 nitrogen and oxygen atoms in total. The van der Waals surface area contributed by atoms with Crippen molar-refractivity contribution in [2.45, 2.75) is 6.54 Å². The molecule has 32 heavy (non-hydrogen) atoms. The lowest BCUT2D eigenvalue weighted by molar-refractivity contribution is -0.117. The first-order chi connectivity index (χ1) is 15.4. The van der Waals surface area contributed by atoms with Crippen LogP contribution in [-0.2, 0) is 11.3 Å². The van der Waals surface area contributed by atoms with E-state index in [1.165, 1.54) is 40.9 Å². The van der Waals surface area contributed by atoms with Crippen molar-refractivity contribution in [1.29, 1.82) is 0 Å². The van der Waals surface area contributed by atoms with Gasteiger partial charge in [0.2, 0.25) is 5.91 Å². The van der Waals surface area contributed by atoms with Gasteiger partial charge in [-0.3, -0.25) is 9.59 Å². The van der Waals surface area contributed by atoms with E-state index in [4.69, 9.17) is 4.74 Å². The molecule has 2 aromatic heterocycles. The number of halogens is 1. The quantitative estimate of drug-likeness (QED) is 0.484. The zero-order valence-corrected chi connectivity index (χ0v) is 16.9. The Morgan fingerprint density at radius 1 is 1.03 bits per heavy atom. The van der Waals surface area contributed by atoms with Crippen LogP contribution in [0.25, 0.3) is 5.65 Å². The molecule has 0 fully saturated rings. The van der Waals surface area contributed by atoms with Gasteiger partial charge in [-0.05, 0) is 48.5 Å². The molecule has 0 spiro atoms. The van der Waals surface area contributed by atoms with Gasteiger partial charge >= 0.3 is 5.69 Å². The average Bonchev–Trinajstić information content (AvgIpc) is 3.10. The number of nitrogens with one attached hydrogen (secondary N) is 2. The number of nitrogens with zero attached hydrogens (tertiary/aromatic N) is 3. The van der Waals surface area contributed by atoms with Gasteiger partial charge in [-0.15, -0.1) is 5.10 Å². The second-order valence-electron chi connectivity index (χ2n) is 6.80. The summed E-state index contributed by atoms with van der Waals surface area (Å²) in [5.74, 6) is -0.967. The smallest absolute Gasteiger partial charge is 0.350 e. The third-order valence-corrected chi connectivity index (χ3v) is 4.63. The number of hydrogen-bond acceptors (Lipinski definition) is 5. The first-order valence-electron chi connectivity index (χ1n) is 9.53. The zero-order valence-electron chi connectivity index (χ0n) is 16.9. The summed E-state index contributed by atoms with van der Waals surface area (Å²) in [4.78, 5) is 37.4. The molecule has 0 aliphatic carbocycles. The summed E-state index contributed by atoms with van der Waals surface area (Å²) in [5.41, 5.74) is 0.443. The number of pyridine rings is 1. The SMILES string of the molecule is COc1ccc(NC(=O)c2ccc3nn(CC(=O)Nc4ccccc4F)c(=O)n3c2)cc1. The van der Waals surface area contributed by atoms with E-state index in [1.807, 2.05) is 0 Å². The molecule has 162 valence electrons. The predicted octanol–water partition coefficient (Wildman–Crippen LogP) is 2.53. The van der Waals surface area contributed by atoms with Gasteiger partial charge in [-0.25, -0.2) is 18.3 Å². The largest absolute Gasteiger partial charge is 0.497 e. The summed E-state index contributed by atoms with van der Waals surface area (Å²) in [7, 11) is 1.55. The molecule has 0 saturated heterocycles. The number of para-hydroxylation sites is 1. The van der Waals surface area contributed by atoms with Crippen LogP contribution in [0.2, 0.25) is 0 Å². The van der Waals surface area contributed by atoms with Crippen molar-refractivity contribution in [3.05, 3.63) is 88.7 Å². The van der Waals surface area contributed by atoms with Gasteiger partial charge in [-0.1, -0.05) is 12.1 Å². The monoisotopic (exact) mass is 435 g/mol. The molecule has 2 aromatic carbocycles. The minimum Gasteiger partial charge on any atom is -0.497 e.